The Labute approximate surface area is 223 Å². The number of rotatable bonds is 5. The van der Waals surface area contributed by atoms with E-state index in [2.05, 4.69) is 35.5 Å². The van der Waals surface area contributed by atoms with E-state index in [0.717, 1.165) is 27.5 Å². The van der Waals surface area contributed by atoms with Gasteiger partial charge in [-0.05, 0) is 47.9 Å². The summed E-state index contributed by atoms with van der Waals surface area (Å²) in [6.07, 6.45) is 7.12. The maximum atomic E-state index is 13.5. The van der Waals surface area contributed by atoms with Crippen LogP contribution >= 0.6 is 0 Å². The molecule has 0 bridgehead atoms. The Kier molecular flexibility index (Phi) is 5.86. The molecule has 5 aromatic heterocycles. The first-order valence-electron chi connectivity index (χ1n) is 12.4. The zero-order valence-electron chi connectivity index (χ0n) is 21.6. The normalized spacial score (nSPS) is 11.8. The van der Waals surface area contributed by atoms with Gasteiger partial charge in [0.05, 0.1) is 40.5 Å². The van der Waals surface area contributed by atoms with Crippen molar-refractivity contribution in [3.63, 3.8) is 0 Å². The number of carbonyl (C=O) groups is 1. The standard InChI is InChI=1S/C29H25FN8O/c1-29(2,3)12-24(39)34-19-10-17(13-31-14-19)22-11-20-23(15-33-22)37-38-26(20)28-35-21-8-9-32-25(27(21)36-28)16-4-6-18(30)7-5-16/h4-11,13-15H,12H2,1-3H3,(H,34,39)(H,35,36)(H,37,38). The Hall–Kier alpha value is -4.99. The molecule has 0 radical (unpaired) electrons. The second-order valence-electron chi connectivity index (χ2n) is 10.6. The van der Waals surface area contributed by atoms with Gasteiger partial charge in [-0.3, -0.25) is 24.8 Å². The predicted octanol–water partition coefficient (Wildman–Crippen LogP) is 6.14. The van der Waals surface area contributed by atoms with Crippen molar-refractivity contribution in [3.8, 4) is 34.0 Å². The minimum absolute atomic E-state index is 0.0682. The largest absolute Gasteiger partial charge is 0.336 e. The summed E-state index contributed by atoms with van der Waals surface area (Å²) in [5.74, 6) is 0.182. The van der Waals surface area contributed by atoms with Crippen molar-refractivity contribution in [3.05, 3.63) is 73.1 Å². The minimum Gasteiger partial charge on any atom is -0.336 e. The van der Waals surface area contributed by atoms with Gasteiger partial charge in [0.1, 0.15) is 17.0 Å². The second kappa shape index (κ2) is 9.39. The molecule has 6 rings (SSSR count). The van der Waals surface area contributed by atoms with Gasteiger partial charge >= 0.3 is 0 Å². The van der Waals surface area contributed by atoms with E-state index < -0.39 is 0 Å². The summed E-state index contributed by atoms with van der Waals surface area (Å²) in [4.78, 5) is 33.9. The molecule has 0 unspecified atom stereocenters. The Morgan fingerprint density at radius 2 is 1.77 bits per heavy atom. The maximum absolute atomic E-state index is 13.5. The van der Waals surface area contributed by atoms with E-state index >= 15 is 0 Å². The topological polar surface area (TPSA) is 125 Å². The van der Waals surface area contributed by atoms with E-state index in [1.807, 2.05) is 39.0 Å². The molecule has 5 heterocycles. The van der Waals surface area contributed by atoms with Crippen LogP contribution in [0.25, 0.3) is 56.0 Å². The molecule has 0 spiro atoms. The number of aromatic amines is 2. The second-order valence-corrected chi connectivity index (χ2v) is 10.6. The number of hydrogen-bond acceptors (Lipinski definition) is 6. The quantitative estimate of drug-likeness (QED) is 0.251. The highest BCUT2D eigenvalue weighted by Crippen LogP contribution is 2.32. The number of halogens is 1. The number of nitrogens with zero attached hydrogens (tertiary/aromatic N) is 5. The first kappa shape index (κ1) is 24.4. The van der Waals surface area contributed by atoms with Crippen LogP contribution in [0, 0.1) is 11.2 Å². The number of amides is 1. The number of carbonyl (C=O) groups excluding carboxylic acids is 1. The number of aromatic nitrogens is 7. The molecule has 1 amide bonds. The third kappa shape index (κ3) is 4.96. The Bertz CT molecular complexity index is 1830. The van der Waals surface area contributed by atoms with Crippen molar-refractivity contribution >= 4 is 33.5 Å². The van der Waals surface area contributed by atoms with E-state index in [1.54, 1.807) is 36.9 Å². The molecule has 10 heteroatoms. The third-order valence-electron chi connectivity index (χ3n) is 6.20. The van der Waals surface area contributed by atoms with Crippen molar-refractivity contribution < 1.29 is 9.18 Å². The molecular weight excluding hydrogens is 495 g/mol. The molecule has 39 heavy (non-hydrogen) atoms. The number of pyridine rings is 3. The van der Waals surface area contributed by atoms with Crippen LogP contribution in [0.5, 0.6) is 0 Å². The fourth-order valence-electron chi connectivity index (χ4n) is 4.46. The van der Waals surface area contributed by atoms with Gasteiger partial charge in [-0.25, -0.2) is 9.37 Å². The molecule has 0 fully saturated rings. The van der Waals surface area contributed by atoms with Crippen LogP contribution in [0.2, 0.25) is 0 Å². The number of imidazole rings is 1. The molecule has 0 saturated carbocycles. The maximum Gasteiger partial charge on any atom is 0.224 e. The van der Waals surface area contributed by atoms with Gasteiger partial charge in [-0.15, -0.1) is 0 Å². The van der Waals surface area contributed by atoms with E-state index in [1.165, 1.54) is 12.1 Å². The molecule has 0 aliphatic rings. The van der Waals surface area contributed by atoms with Gasteiger partial charge in [0.25, 0.3) is 0 Å². The summed E-state index contributed by atoms with van der Waals surface area (Å²) in [6, 6.07) is 11.8. The van der Waals surface area contributed by atoms with Crippen LogP contribution in [0.15, 0.2) is 67.3 Å². The molecule has 0 atom stereocenters. The van der Waals surface area contributed by atoms with Gasteiger partial charge in [0, 0.05) is 35.3 Å². The van der Waals surface area contributed by atoms with E-state index in [4.69, 9.17) is 4.98 Å². The number of H-pyrrole nitrogens is 2. The Morgan fingerprint density at radius 3 is 2.56 bits per heavy atom. The summed E-state index contributed by atoms with van der Waals surface area (Å²) in [5, 5.41) is 11.3. The Morgan fingerprint density at radius 1 is 0.949 bits per heavy atom. The zero-order chi connectivity index (χ0) is 27.1. The number of hydrogen-bond donors (Lipinski definition) is 3. The van der Waals surface area contributed by atoms with Crippen LogP contribution < -0.4 is 5.32 Å². The highest BCUT2D eigenvalue weighted by atomic mass is 19.1. The molecule has 3 N–H and O–H groups in total. The number of nitrogens with one attached hydrogen (secondary N) is 3. The summed E-state index contributed by atoms with van der Waals surface area (Å²) in [5.41, 5.74) is 6.14. The van der Waals surface area contributed by atoms with Gasteiger partial charge in [-0.1, -0.05) is 20.8 Å². The van der Waals surface area contributed by atoms with Crippen LogP contribution in [-0.4, -0.2) is 41.0 Å². The van der Waals surface area contributed by atoms with Crippen LogP contribution in [0.4, 0.5) is 10.1 Å². The molecule has 1 aromatic carbocycles. The van der Waals surface area contributed by atoms with Gasteiger partial charge in [0.15, 0.2) is 5.82 Å². The zero-order valence-corrected chi connectivity index (χ0v) is 21.6. The van der Waals surface area contributed by atoms with Gasteiger partial charge in [0.2, 0.25) is 5.91 Å². The molecular formula is C29H25FN8O. The molecule has 0 aliphatic heterocycles. The van der Waals surface area contributed by atoms with Crippen LogP contribution in [0.1, 0.15) is 27.2 Å². The summed E-state index contributed by atoms with van der Waals surface area (Å²) in [7, 11) is 0. The predicted molar refractivity (Wildman–Crippen MR) is 148 cm³/mol. The third-order valence-corrected chi connectivity index (χ3v) is 6.20. The number of benzene rings is 1. The van der Waals surface area contributed by atoms with Crippen LogP contribution in [0.3, 0.4) is 0 Å². The fraction of sp³-hybridized carbons (Fsp3) is 0.172. The highest BCUT2D eigenvalue weighted by Gasteiger charge is 2.18. The molecule has 0 saturated heterocycles. The molecule has 194 valence electrons. The molecule has 6 aromatic rings. The lowest BCUT2D eigenvalue weighted by Gasteiger charge is -2.17. The van der Waals surface area contributed by atoms with Crippen molar-refractivity contribution in [1.29, 1.82) is 0 Å². The molecule has 9 nitrogen and oxygen atoms in total. The van der Waals surface area contributed by atoms with Crippen molar-refractivity contribution in [1.82, 2.24) is 35.1 Å². The van der Waals surface area contributed by atoms with Crippen molar-refractivity contribution in [2.24, 2.45) is 5.41 Å². The Balaban J connectivity index is 1.36. The average Bonchev–Trinajstić information content (AvgIpc) is 3.52. The monoisotopic (exact) mass is 520 g/mol. The lowest BCUT2D eigenvalue weighted by Crippen LogP contribution is -2.19. The van der Waals surface area contributed by atoms with Crippen molar-refractivity contribution in [2.45, 2.75) is 27.2 Å². The summed E-state index contributed by atoms with van der Waals surface area (Å²) < 4.78 is 13.5. The van der Waals surface area contributed by atoms with Gasteiger partial charge in [-0.2, -0.15) is 5.10 Å². The molecule has 0 aliphatic carbocycles. The number of fused-ring (bicyclic) bond motifs is 2. The SMILES string of the molecule is CC(C)(C)CC(=O)Nc1cncc(-c2cc3c(-c4nc5c(-c6ccc(F)cc6)nccc5[nH]4)n[nH]c3cn2)c1. The van der Waals surface area contributed by atoms with Crippen molar-refractivity contribution in [2.75, 3.05) is 5.32 Å². The highest BCUT2D eigenvalue weighted by molar-refractivity contribution is 5.97. The lowest BCUT2D eigenvalue weighted by atomic mass is 9.92. The van der Waals surface area contributed by atoms with E-state index in [0.29, 0.717) is 40.5 Å². The average molecular weight is 521 g/mol. The first-order valence-corrected chi connectivity index (χ1v) is 12.4. The van der Waals surface area contributed by atoms with Gasteiger partial charge < -0.3 is 10.3 Å². The fourth-order valence-corrected chi connectivity index (χ4v) is 4.46. The van der Waals surface area contributed by atoms with E-state index in [-0.39, 0.29) is 17.1 Å². The number of anilines is 1. The van der Waals surface area contributed by atoms with Crippen LogP contribution in [-0.2, 0) is 4.79 Å². The summed E-state index contributed by atoms with van der Waals surface area (Å²) >= 11 is 0. The summed E-state index contributed by atoms with van der Waals surface area (Å²) in [6.45, 7) is 6.06. The first-order chi connectivity index (χ1) is 18.7. The minimum atomic E-state index is -0.311. The van der Waals surface area contributed by atoms with E-state index in [9.17, 15) is 9.18 Å². The smallest absolute Gasteiger partial charge is 0.224 e. The lowest BCUT2D eigenvalue weighted by molar-refractivity contribution is -0.117.